The second-order valence-electron chi connectivity index (χ2n) is 7.01. The SMILES string of the molecule is O=C(C1CCOCC1)N1CCCN(c2ccnc3ccccc23)CC1.O=CO. The van der Waals surface area contributed by atoms with Crippen molar-refractivity contribution in [3.63, 3.8) is 0 Å². The molecule has 7 heteroatoms. The molecule has 4 rings (SSSR count). The molecule has 2 fully saturated rings. The third-order valence-corrected chi connectivity index (χ3v) is 5.34. The molecule has 2 aliphatic rings. The first kappa shape index (κ1) is 20.1. The Balaban J connectivity index is 0.000000706. The Morgan fingerprint density at radius 2 is 1.86 bits per heavy atom. The molecule has 2 aliphatic heterocycles. The summed E-state index contributed by atoms with van der Waals surface area (Å²) in [4.78, 5) is 30.1. The Kier molecular flexibility index (Phi) is 7.19. The van der Waals surface area contributed by atoms with Crippen molar-refractivity contribution in [2.75, 3.05) is 44.3 Å². The molecule has 0 bridgehead atoms. The highest BCUT2D eigenvalue weighted by molar-refractivity contribution is 5.91. The third kappa shape index (κ3) is 4.78. The van der Waals surface area contributed by atoms with Gasteiger partial charge in [0.15, 0.2) is 0 Å². The zero-order chi connectivity index (χ0) is 19.8. The predicted molar refractivity (Wildman–Crippen MR) is 107 cm³/mol. The molecule has 0 unspecified atom stereocenters. The molecular formula is C21H27N3O4. The second kappa shape index (κ2) is 10.0. The minimum absolute atomic E-state index is 0.155. The molecule has 1 aromatic carbocycles. The minimum Gasteiger partial charge on any atom is -0.483 e. The summed E-state index contributed by atoms with van der Waals surface area (Å²) in [6.07, 6.45) is 4.63. The lowest BCUT2D eigenvalue weighted by molar-refractivity contribution is -0.138. The molecule has 0 aliphatic carbocycles. The van der Waals surface area contributed by atoms with Crippen LogP contribution >= 0.6 is 0 Å². The molecule has 2 saturated heterocycles. The van der Waals surface area contributed by atoms with E-state index in [1.807, 2.05) is 12.3 Å². The van der Waals surface area contributed by atoms with E-state index < -0.39 is 0 Å². The van der Waals surface area contributed by atoms with Gasteiger partial charge in [-0.15, -0.1) is 0 Å². The van der Waals surface area contributed by atoms with Crippen LogP contribution in [0.5, 0.6) is 0 Å². The first-order valence-corrected chi connectivity index (χ1v) is 9.77. The van der Waals surface area contributed by atoms with E-state index in [1.54, 1.807) is 0 Å². The summed E-state index contributed by atoms with van der Waals surface area (Å²) in [5, 5.41) is 8.08. The maximum absolute atomic E-state index is 12.8. The number of benzene rings is 1. The largest absolute Gasteiger partial charge is 0.483 e. The second-order valence-corrected chi connectivity index (χ2v) is 7.01. The van der Waals surface area contributed by atoms with Crippen LogP contribution < -0.4 is 4.90 Å². The van der Waals surface area contributed by atoms with Gasteiger partial charge < -0.3 is 19.6 Å². The standard InChI is InChI=1S/C20H25N3O2.CH2O2/c24-20(16-7-14-25-15-8-16)23-11-3-10-22(12-13-23)19-6-9-21-18-5-2-1-4-17(18)19;2-1-3/h1-2,4-6,9,16H,3,7-8,10-15H2;1H,(H,2,3). The van der Waals surface area contributed by atoms with Gasteiger partial charge in [0, 0.05) is 62.6 Å². The van der Waals surface area contributed by atoms with Gasteiger partial charge in [0.25, 0.3) is 6.47 Å². The van der Waals surface area contributed by atoms with E-state index in [1.165, 1.54) is 11.1 Å². The molecular weight excluding hydrogens is 358 g/mol. The van der Waals surface area contributed by atoms with E-state index in [2.05, 4.69) is 39.0 Å². The monoisotopic (exact) mass is 385 g/mol. The van der Waals surface area contributed by atoms with Crippen LogP contribution in [0.25, 0.3) is 10.9 Å². The third-order valence-electron chi connectivity index (χ3n) is 5.34. The number of fused-ring (bicyclic) bond motifs is 1. The van der Waals surface area contributed by atoms with Crippen molar-refractivity contribution in [3.05, 3.63) is 36.5 Å². The highest BCUT2D eigenvalue weighted by atomic mass is 16.5. The van der Waals surface area contributed by atoms with Crippen molar-refractivity contribution in [2.45, 2.75) is 19.3 Å². The maximum atomic E-state index is 12.8. The number of hydrogen-bond donors (Lipinski definition) is 1. The Hall–Kier alpha value is -2.67. The van der Waals surface area contributed by atoms with Crippen LogP contribution in [0.4, 0.5) is 5.69 Å². The number of ether oxygens (including phenoxy) is 1. The van der Waals surface area contributed by atoms with Gasteiger partial charge in [-0.3, -0.25) is 14.6 Å². The highest BCUT2D eigenvalue weighted by Crippen LogP contribution is 2.26. The average Bonchev–Trinajstić information content (AvgIpc) is 3.00. The van der Waals surface area contributed by atoms with Gasteiger partial charge in [-0.05, 0) is 31.4 Å². The van der Waals surface area contributed by atoms with Gasteiger partial charge in [0.05, 0.1) is 5.52 Å². The molecule has 3 heterocycles. The zero-order valence-electron chi connectivity index (χ0n) is 16.0. The minimum atomic E-state index is -0.250. The van der Waals surface area contributed by atoms with Gasteiger partial charge in [-0.2, -0.15) is 0 Å². The van der Waals surface area contributed by atoms with Gasteiger partial charge in [0.2, 0.25) is 5.91 Å². The van der Waals surface area contributed by atoms with Crippen molar-refractivity contribution in [2.24, 2.45) is 5.92 Å². The molecule has 0 spiro atoms. The average molecular weight is 385 g/mol. The van der Waals surface area contributed by atoms with E-state index in [0.717, 1.165) is 64.2 Å². The van der Waals surface area contributed by atoms with E-state index in [9.17, 15) is 4.79 Å². The number of carboxylic acid groups (broad SMARTS) is 1. The Bertz CT molecular complexity index is 787. The first-order valence-electron chi connectivity index (χ1n) is 9.77. The fourth-order valence-electron chi connectivity index (χ4n) is 3.94. The van der Waals surface area contributed by atoms with Crippen molar-refractivity contribution >= 4 is 29.0 Å². The number of para-hydroxylation sites is 1. The number of rotatable bonds is 2. The number of hydrogen-bond acceptors (Lipinski definition) is 5. The number of amides is 1. The van der Waals surface area contributed by atoms with E-state index in [0.29, 0.717) is 5.91 Å². The topological polar surface area (TPSA) is 83.0 Å². The lowest BCUT2D eigenvalue weighted by atomic mass is 9.98. The number of carbonyl (C=O) groups excluding carboxylic acids is 1. The number of nitrogens with zero attached hydrogens (tertiary/aromatic N) is 3. The Morgan fingerprint density at radius 3 is 2.64 bits per heavy atom. The van der Waals surface area contributed by atoms with Crippen LogP contribution in [-0.4, -0.2) is 66.8 Å². The lowest BCUT2D eigenvalue weighted by Crippen LogP contribution is -2.40. The molecule has 150 valence electrons. The summed E-state index contributed by atoms with van der Waals surface area (Å²) in [6, 6.07) is 10.4. The number of aromatic nitrogens is 1. The lowest BCUT2D eigenvalue weighted by Gasteiger charge is -2.29. The van der Waals surface area contributed by atoms with Gasteiger partial charge in [-0.1, -0.05) is 18.2 Å². The first-order chi connectivity index (χ1) is 13.7. The van der Waals surface area contributed by atoms with Gasteiger partial charge in [0.1, 0.15) is 0 Å². The zero-order valence-corrected chi connectivity index (χ0v) is 16.0. The Morgan fingerprint density at radius 1 is 1.11 bits per heavy atom. The summed E-state index contributed by atoms with van der Waals surface area (Å²) in [5.74, 6) is 0.479. The van der Waals surface area contributed by atoms with Crippen molar-refractivity contribution in [3.8, 4) is 0 Å². The normalized spacial score (nSPS) is 18.1. The summed E-state index contributed by atoms with van der Waals surface area (Å²) >= 11 is 0. The highest BCUT2D eigenvalue weighted by Gasteiger charge is 2.28. The number of pyridine rings is 1. The van der Waals surface area contributed by atoms with E-state index in [4.69, 9.17) is 14.6 Å². The Labute approximate surface area is 164 Å². The molecule has 28 heavy (non-hydrogen) atoms. The van der Waals surface area contributed by atoms with Crippen molar-refractivity contribution in [1.82, 2.24) is 9.88 Å². The number of carbonyl (C=O) groups is 2. The maximum Gasteiger partial charge on any atom is 0.290 e. The summed E-state index contributed by atoms with van der Waals surface area (Å²) in [7, 11) is 0. The number of anilines is 1. The smallest absolute Gasteiger partial charge is 0.290 e. The van der Waals surface area contributed by atoms with Gasteiger partial charge >= 0.3 is 0 Å². The molecule has 1 aromatic heterocycles. The van der Waals surface area contributed by atoms with Crippen molar-refractivity contribution < 1.29 is 19.4 Å². The van der Waals surface area contributed by atoms with Crippen molar-refractivity contribution in [1.29, 1.82) is 0 Å². The summed E-state index contributed by atoms with van der Waals surface area (Å²) < 4.78 is 5.39. The van der Waals surface area contributed by atoms with Gasteiger partial charge in [-0.25, -0.2) is 0 Å². The molecule has 0 atom stereocenters. The molecule has 0 saturated carbocycles. The van der Waals surface area contributed by atoms with Crippen LogP contribution in [-0.2, 0) is 14.3 Å². The van der Waals surface area contributed by atoms with Crippen LogP contribution in [0.3, 0.4) is 0 Å². The van der Waals surface area contributed by atoms with Crippen LogP contribution in [0.15, 0.2) is 36.5 Å². The molecule has 7 nitrogen and oxygen atoms in total. The van der Waals surface area contributed by atoms with Crippen LogP contribution in [0.2, 0.25) is 0 Å². The van der Waals surface area contributed by atoms with E-state index >= 15 is 0 Å². The predicted octanol–water partition coefficient (Wildman–Crippen LogP) is 2.40. The van der Waals surface area contributed by atoms with E-state index in [-0.39, 0.29) is 12.4 Å². The summed E-state index contributed by atoms with van der Waals surface area (Å²) in [6.45, 7) is 4.70. The van der Waals surface area contributed by atoms with Crippen LogP contribution in [0.1, 0.15) is 19.3 Å². The molecule has 1 N–H and O–H groups in total. The summed E-state index contributed by atoms with van der Waals surface area (Å²) in [5.41, 5.74) is 2.25. The van der Waals surface area contributed by atoms with Crippen LogP contribution in [0, 0.1) is 5.92 Å². The molecule has 2 aromatic rings. The fourth-order valence-corrected chi connectivity index (χ4v) is 3.94. The quantitative estimate of drug-likeness (QED) is 0.800. The molecule has 0 radical (unpaired) electrons. The molecule has 1 amide bonds. The fraction of sp³-hybridized carbons (Fsp3) is 0.476.